The lowest BCUT2D eigenvalue weighted by atomic mass is 10.0. The molecule has 28 heavy (non-hydrogen) atoms. The largest absolute Gasteiger partial charge is 0.493 e. The highest BCUT2D eigenvalue weighted by Crippen LogP contribution is 2.40. The molecule has 1 fully saturated rings. The molecule has 1 saturated heterocycles. The van der Waals surface area contributed by atoms with E-state index >= 15 is 0 Å². The molecule has 0 saturated carbocycles. The molecule has 0 spiro atoms. The summed E-state index contributed by atoms with van der Waals surface area (Å²) in [6, 6.07) is 11.8. The summed E-state index contributed by atoms with van der Waals surface area (Å²) in [4.78, 5) is 1.51. The Bertz CT molecular complexity index is 783. The van der Waals surface area contributed by atoms with Crippen molar-refractivity contribution in [3.8, 4) is 11.5 Å². The first-order valence-electron chi connectivity index (χ1n) is 9.23. The summed E-state index contributed by atoms with van der Waals surface area (Å²) in [5.74, 6) is 1.04. The Hall–Kier alpha value is -1.73. The maximum absolute atomic E-state index is 13.4. The molecular formula is C21H23BrF3NO2. The molecule has 152 valence electrons. The van der Waals surface area contributed by atoms with Gasteiger partial charge in [0.25, 0.3) is 0 Å². The summed E-state index contributed by atoms with van der Waals surface area (Å²) >= 11 is 3.53. The highest BCUT2D eigenvalue weighted by atomic mass is 79.9. The van der Waals surface area contributed by atoms with Crippen molar-refractivity contribution in [2.75, 3.05) is 13.7 Å². The Morgan fingerprint density at radius 1 is 1.11 bits per heavy atom. The third-order valence-corrected chi connectivity index (χ3v) is 5.82. The van der Waals surface area contributed by atoms with Crippen LogP contribution in [0.15, 0.2) is 46.9 Å². The van der Waals surface area contributed by atoms with Crippen LogP contribution in [-0.4, -0.2) is 30.8 Å². The molecule has 1 aliphatic rings. The Labute approximate surface area is 171 Å². The molecule has 2 aromatic carbocycles. The quantitative estimate of drug-likeness (QED) is 0.534. The third-order valence-electron chi connectivity index (χ3n) is 4.95. The molecule has 0 amide bonds. The molecule has 0 N–H and O–H groups in total. The highest BCUT2D eigenvalue weighted by Gasteiger charge is 2.44. The van der Waals surface area contributed by atoms with Gasteiger partial charge in [0.1, 0.15) is 12.6 Å². The maximum atomic E-state index is 13.4. The fraction of sp³-hybridized carbons (Fsp3) is 0.429. The van der Waals surface area contributed by atoms with Gasteiger partial charge in [0.05, 0.1) is 11.6 Å². The van der Waals surface area contributed by atoms with Crippen molar-refractivity contribution in [3.63, 3.8) is 0 Å². The summed E-state index contributed by atoms with van der Waals surface area (Å²) in [6.07, 6.45) is -2.69. The summed E-state index contributed by atoms with van der Waals surface area (Å²) in [5, 5.41) is 0. The minimum atomic E-state index is -4.22. The smallest absolute Gasteiger partial charge is 0.404 e. The van der Waals surface area contributed by atoms with Crippen LogP contribution in [0, 0.1) is 0 Å². The molecule has 0 radical (unpaired) electrons. The van der Waals surface area contributed by atoms with Crippen molar-refractivity contribution in [2.24, 2.45) is 0 Å². The van der Waals surface area contributed by atoms with Gasteiger partial charge in [-0.15, -0.1) is 0 Å². The van der Waals surface area contributed by atoms with E-state index in [-0.39, 0.29) is 13.0 Å². The Kier molecular flexibility index (Phi) is 6.88. The van der Waals surface area contributed by atoms with Crippen molar-refractivity contribution >= 4 is 15.9 Å². The van der Waals surface area contributed by atoms with Gasteiger partial charge in [-0.2, -0.15) is 13.2 Å². The number of hydrogen-bond acceptors (Lipinski definition) is 3. The van der Waals surface area contributed by atoms with Gasteiger partial charge in [-0.05, 0) is 52.5 Å². The van der Waals surface area contributed by atoms with Crippen molar-refractivity contribution in [1.29, 1.82) is 0 Å². The number of likely N-dealkylation sites (tertiary alicyclic amines) is 1. The van der Waals surface area contributed by atoms with Gasteiger partial charge in [-0.25, -0.2) is 0 Å². The van der Waals surface area contributed by atoms with Gasteiger partial charge in [0.15, 0.2) is 11.5 Å². The number of methoxy groups -OCH3 is 1. The number of halogens is 4. The summed E-state index contributed by atoms with van der Waals surface area (Å²) in [7, 11) is 1.54. The second-order valence-electron chi connectivity index (χ2n) is 6.87. The van der Waals surface area contributed by atoms with E-state index in [0.717, 1.165) is 17.5 Å². The fourth-order valence-electron chi connectivity index (χ4n) is 3.50. The molecule has 1 unspecified atom stereocenters. The number of piperidine rings is 1. The molecule has 3 rings (SSSR count). The number of hydrogen-bond donors (Lipinski definition) is 0. The predicted octanol–water partition coefficient (Wildman–Crippen LogP) is 5.95. The molecular weight excluding hydrogens is 435 g/mol. The normalized spacial score (nSPS) is 18.1. The van der Waals surface area contributed by atoms with E-state index in [4.69, 9.17) is 9.47 Å². The van der Waals surface area contributed by atoms with Gasteiger partial charge in [0.2, 0.25) is 0 Å². The van der Waals surface area contributed by atoms with Crippen LogP contribution in [0.5, 0.6) is 11.5 Å². The van der Waals surface area contributed by atoms with E-state index in [1.165, 1.54) is 4.90 Å². The van der Waals surface area contributed by atoms with Gasteiger partial charge >= 0.3 is 6.18 Å². The van der Waals surface area contributed by atoms with Crippen LogP contribution in [0.4, 0.5) is 13.2 Å². The Morgan fingerprint density at radius 3 is 2.54 bits per heavy atom. The molecule has 1 atom stereocenters. The number of alkyl halides is 3. The zero-order valence-corrected chi connectivity index (χ0v) is 17.2. The molecule has 1 heterocycles. The molecule has 1 aliphatic heterocycles. The molecule has 7 heteroatoms. The number of ether oxygens (including phenoxy) is 2. The maximum Gasteiger partial charge on any atom is 0.404 e. The first-order chi connectivity index (χ1) is 13.4. The van der Waals surface area contributed by atoms with E-state index in [2.05, 4.69) is 15.9 Å². The van der Waals surface area contributed by atoms with Crippen LogP contribution in [0.2, 0.25) is 0 Å². The fourth-order valence-corrected chi connectivity index (χ4v) is 4.06. The van der Waals surface area contributed by atoms with Crippen molar-refractivity contribution in [1.82, 2.24) is 4.90 Å². The van der Waals surface area contributed by atoms with Gasteiger partial charge in [-0.1, -0.05) is 42.8 Å². The predicted molar refractivity (Wildman–Crippen MR) is 106 cm³/mol. The average Bonchev–Trinajstić information content (AvgIpc) is 2.69. The third kappa shape index (κ3) is 5.00. The number of benzene rings is 2. The minimum absolute atomic E-state index is 0.147. The lowest BCUT2D eigenvalue weighted by Gasteiger charge is -2.37. The van der Waals surface area contributed by atoms with Crippen molar-refractivity contribution in [3.05, 3.63) is 58.1 Å². The van der Waals surface area contributed by atoms with E-state index in [9.17, 15) is 13.2 Å². The molecule has 0 aliphatic carbocycles. The highest BCUT2D eigenvalue weighted by molar-refractivity contribution is 9.10. The van der Waals surface area contributed by atoms with Crippen molar-refractivity contribution in [2.45, 2.75) is 44.6 Å². The monoisotopic (exact) mass is 457 g/mol. The van der Waals surface area contributed by atoms with Crippen LogP contribution in [0.1, 0.15) is 30.4 Å². The molecule has 3 nitrogen and oxygen atoms in total. The van der Waals surface area contributed by atoms with Gasteiger partial charge < -0.3 is 9.47 Å². The SMILES string of the molecule is COc1ccc(CN2CCCCC2C(F)(F)F)c(Br)c1OCc1ccccc1. The zero-order chi connectivity index (χ0) is 20.1. The topological polar surface area (TPSA) is 21.7 Å². The van der Waals surface area contributed by atoms with E-state index in [1.54, 1.807) is 19.2 Å². The summed E-state index contributed by atoms with van der Waals surface area (Å²) in [5.41, 5.74) is 1.75. The van der Waals surface area contributed by atoms with E-state index in [1.807, 2.05) is 30.3 Å². The molecule has 0 bridgehead atoms. The van der Waals surface area contributed by atoms with E-state index in [0.29, 0.717) is 35.5 Å². The average molecular weight is 458 g/mol. The van der Waals surface area contributed by atoms with Crippen LogP contribution in [0.25, 0.3) is 0 Å². The van der Waals surface area contributed by atoms with Crippen LogP contribution in [-0.2, 0) is 13.2 Å². The summed E-state index contributed by atoms with van der Waals surface area (Å²) in [6.45, 7) is 0.980. The Balaban J connectivity index is 1.81. The minimum Gasteiger partial charge on any atom is -0.493 e. The first-order valence-corrected chi connectivity index (χ1v) is 10.0. The zero-order valence-electron chi connectivity index (χ0n) is 15.6. The van der Waals surface area contributed by atoms with Crippen molar-refractivity contribution < 1.29 is 22.6 Å². The van der Waals surface area contributed by atoms with E-state index < -0.39 is 12.2 Å². The number of nitrogens with zero attached hydrogens (tertiary/aromatic N) is 1. The standard InChI is InChI=1S/C21H23BrF3NO2/c1-27-17-11-10-16(13-26-12-6-5-9-18(26)21(23,24)25)19(22)20(17)28-14-15-7-3-2-4-8-15/h2-4,7-8,10-11,18H,5-6,9,12-14H2,1H3. The first kappa shape index (κ1) is 21.0. The lowest BCUT2D eigenvalue weighted by molar-refractivity contribution is -0.192. The van der Waals surface area contributed by atoms with Gasteiger partial charge in [0, 0.05) is 6.54 Å². The van der Waals surface area contributed by atoms with Gasteiger partial charge in [-0.3, -0.25) is 4.90 Å². The lowest BCUT2D eigenvalue weighted by Crippen LogP contribution is -2.48. The van der Waals surface area contributed by atoms with Crippen LogP contribution < -0.4 is 9.47 Å². The second-order valence-corrected chi connectivity index (χ2v) is 7.66. The van der Waals surface area contributed by atoms with Crippen LogP contribution >= 0.6 is 15.9 Å². The number of rotatable bonds is 6. The Morgan fingerprint density at radius 2 is 1.86 bits per heavy atom. The second kappa shape index (κ2) is 9.18. The molecule has 0 aromatic heterocycles. The molecule has 2 aromatic rings. The van der Waals surface area contributed by atoms with Crippen LogP contribution in [0.3, 0.4) is 0 Å². The summed E-state index contributed by atoms with van der Waals surface area (Å²) < 4.78 is 52.2.